The number of carboxylic acids is 1. The Labute approximate surface area is 112 Å². The molecule has 0 radical (unpaired) electrons. The molecule has 1 aromatic heterocycles. The molecule has 0 bridgehead atoms. The van der Waals surface area contributed by atoms with Gasteiger partial charge in [-0.25, -0.2) is 9.97 Å². The fraction of sp³-hybridized carbons (Fsp3) is 0.538. The van der Waals surface area contributed by atoms with Gasteiger partial charge in [0.15, 0.2) is 0 Å². The lowest BCUT2D eigenvalue weighted by Gasteiger charge is -2.18. The van der Waals surface area contributed by atoms with E-state index >= 15 is 0 Å². The Morgan fingerprint density at radius 3 is 2.68 bits per heavy atom. The van der Waals surface area contributed by atoms with E-state index in [-0.39, 0.29) is 18.2 Å². The van der Waals surface area contributed by atoms with Crippen molar-refractivity contribution in [2.75, 3.05) is 13.6 Å². The van der Waals surface area contributed by atoms with E-state index in [1.807, 2.05) is 13.8 Å². The maximum Gasteiger partial charge on any atom is 0.303 e. The minimum atomic E-state index is -0.855. The topological polar surface area (TPSA) is 83.4 Å². The molecular weight excluding hydrogens is 246 g/mol. The molecule has 1 N–H and O–H groups in total. The van der Waals surface area contributed by atoms with Crippen molar-refractivity contribution in [1.82, 2.24) is 14.9 Å². The number of carboxylic acid groups (broad SMARTS) is 1. The van der Waals surface area contributed by atoms with E-state index in [0.717, 1.165) is 0 Å². The summed E-state index contributed by atoms with van der Waals surface area (Å²) in [5.74, 6) is -0.893. The lowest BCUT2D eigenvalue weighted by molar-refractivity contribution is -0.137. The summed E-state index contributed by atoms with van der Waals surface area (Å²) >= 11 is 0. The molecular formula is C13H19N3O3. The third kappa shape index (κ3) is 4.31. The molecule has 0 atom stereocenters. The summed E-state index contributed by atoms with van der Waals surface area (Å²) in [5, 5.41) is 8.58. The van der Waals surface area contributed by atoms with Crippen molar-refractivity contribution in [3.8, 4) is 0 Å². The van der Waals surface area contributed by atoms with E-state index in [1.54, 1.807) is 7.05 Å². The van der Waals surface area contributed by atoms with Crippen molar-refractivity contribution in [3.05, 3.63) is 23.8 Å². The molecule has 6 nitrogen and oxygen atoms in total. The van der Waals surface area contributed by atoms with Gasteiger partial charge in [0.1, 0.15) is 6.33 Å². The van der Waals surface area contributed by atoms with Crippen LogP contribution >= 0.6 is 0 Å². The van der Waals surface area contributed by atoms with Crippen LogP contribution in [0.1, 0.15) is 48.7 Å². The summed E-state index contributed by atoms with van der Waals surface area (Å²) in [6, 6.07) is 0. The molecule has 6 heteroatoms. The molecule has 1 amide bonds. The van der Waals surface area contributed by atoms with Crippen LogP contribution in [0.15, 0.2) is 12.5 Å². The highest BCUT2D eigenvalue weighted by Crippen LogP contribution is 2.17. The molecule has 0 unspecified atom stereocenters. The van der Waals surface area contributed by atoms with E-state index in [9.17, 15) is 9.59 Å². The molecule has 0 aromatic carbocycles. The Morgan fingerprint density at radius 1 is 1.42 bits per heavy atom. The first-order valence-corrected chi connectivity index (χ1v) is 6.20. The number of hydrogen-bond donors (Lipinski definition) is 1. The van der Waals surface area contributed by atoms with Crippen molar-refractivity contribution >= 4 is 11.9 Å². The quantitative estimate of drug-likeness (QED) is 0.843. The van der Waals surface area contributed by atoms with Gasteiger partial charge in [-0.2, -0.15) is 0 Å². The van der Waals surface area contributed by atoms with Gasteiger partial charge in [0.25, 0.3) is 5.91 Å². The highest BCUT2D eigenvalue weighted by molar-refractivity contribution is 5.95. The highest BCUT2D eigenvalue weighted by atomic mass is 16.4. The summed E-state index contributed by atoms with van der Waals surface area (Å²) < 4.78 is 0. The van der Waals surface area contributed by atoms with Gasteiger partial charge in [-0.3, -0.25) is 9.59 Å². The van der Waals surface area contributed by atoms with Crippen LogP contribution in [0.5, 0.6) is 0 Å². The Morgan fingerprint density at radius 2 is 2.11 bits per heavy atom. The minimum absolute atomic E-state index is 0.0555. The van der Waals surface area contributed by atoms with E-state index in [2.05, 4.69) is 9.97 Å². The lowest BCUT2D eigenvalue weighted by Crippen LogP contribution is -2.29. The normalized spacial score (nSPS) is 10.5. The van der Waals surface area contributed by atoms with E-state index in [0.29, 0.717) is 24.2 Å². The Hall–Kier alpha value is -1.98. The van der Waals surface area contributed by atoms with Crippen molar-refractivity contribution in [2.45, 2.75) is 32.6 Å². The number of hydrogen-bond acceptors (Lipinski definition) is 4. The summed E-state index contributed by atoms with van der Waals surface area (Å²) in [6.07, 6.45) is 3.43. The van der Waals surface area contributed by atoms with Crippen LogP contribution in [0.3, 0.4) is 0 Å². The third-order valence-corrected chi connectivity index (χ3v) is 2.75. The van der Waals surface area contributed by atoms with Crippen molar-refractivity contribution in [1.29, 1.82) is 0 Å². The molecule has 0 aliphatic carbocycles. The fourth-order valence-corrected chi connectivity index (χ4v) is 1.74. The van der Waals surface area contributed by atoms with Gasteiger partial charge < -0.3 is 10.0 Å². The second kappa shape index (κ2) is 6.82. The van der Waals surface area contributed by atoms with Crippen LogP contribution in [0.4, 0.5) is 0 Å². The van der Waals surface area contributed by atoms with E-state index in [4.69, 9.17) is 5.11 Å². The highest BCUT2D eigenvalue weighted by Gasteiger charge is 2.18. The zero-order valence-electron chi connectivity index (χ0n) is 11.5. The SMILES string of the molecule is CC(C)c1ncncc1C(=O)N(C)CCCC(=O)O. The molecule has 0 aliphatic rings. The number of aromatic nitrogens is 2. The van der Waals surface area contributed by atoms with Gasteiger partial charge in [0, 0.05) is 26.2 Å². The summed E-state index contributed by atoms with van der Waals surface area (Å²) in [5.41, 5.74) is 1.19. The zero-order chi connectivity index (χ0) is 14.4. The molecule has 0 spiro atoms. The van der Waals surface area contributed by atoms with Gasteiger partial charge in [0.05, 0.1) is 11.3 Å². The molecule has 0 saturated carbocycles. The van der Waals surface area contributed by atoms with Crippen LogP contribution in [-0.4, -0.2) is 45.4 Å². The number of carbonyl (C=O) groups excluding carboxylic acids is 1. The molecule has 0 saturated heterocycles. The van der Waals surface area contributed by atoms with Crippen LogP contribution in [-0.2, 0) is 4.79 Å². The predicted octanol–water partition coefficient (Wildman–Crippen LogP) is 1.54. The molecule has 19 heavy (non-hydrogen) atoms. The van der Waals surface area contributed by atoms with Crippen molar-refractivity contribution < 1.29 is 14.7 Å². The number of aliphatic carboxylic acids is 1. The fourth-order valence-electron chi connectivity index (χ4n) is 1.74. The second-order valence-electron chi connectivity index (χ2n) is 4.70. The smallest absolute Gasteiger partial charge is 0.303 e. The first kappa shape index (κ1) is 15.1. The van der Waals surface area contributed by atoms with E-state index < -0.39 is 5.97 Å². The van der Waals surface area contributed by atoms with Crippen molar-refractivity contribution in [2.24, 2.45) is 0 Å². The van der Waals surface area contributed by atoms with Gasteiger partial charge in [0.2, 0.25) is 0 Å². The summed E-state index contributed by atoms with van der Waals surface area (Å²) in [4.78, 5) is 32.2. The number of amides is 1. The minimum Gasteiger partial charge on any atom is -0.481 e. The predicted molar refractivity (Wildman–Crippen MR) is 70.0 cm³/mol. The average molecular weight is 265 g/mol. The molecule has 104 valence electrons. The standard InChI is InChI=1S/C13H19N3O3/c1-9(2)12-10(7-14-8-15-12)13(19)16(3)6-4-5-11(17)18/h7-9H,4-6H2,1-3H3,(H,17,18). The zero-order valence-corrected chi connectivity index (χ0v) is 11.5. The summed E-state index contributed by atoms with van der Waals surface area (Å²) in [6.45, 7) is 4.32. The molecule has 1 aromatic rings. The Kier molecular flexibility index (Phi) is 5.41. The first-order chi connectivity index (χ1) is 8.93. The van der Waals surface area contributed by atoms with Crippen molar-refractivity contribution in [3.63, 3.8) is 0 Å². The van der Waals surface area contributed by atoms with E-state index in [1.165, 1.54) is 17.4 Å². The summed E-state index contributed by atoms with van der Waals surface area (Å²) in [7, 11) is 1.65. The lowest BCUT2D eigenvalue weighted by atomic mass is 10.0. The third-order valence-electron chi connectivity index (χ3n) is 2.75. The van der Waals surface area contributed by atoms with Gasteiger partial charge in [-0.1, -0.05) is 13.8 Å². The van der Waals surface area contributed by atoms with Crippen LogP contribution in [0.2, 0.25) is 0 Å². The number of rotatable bonds is 6. The van der Waals surface area contributed by atoms with Gasteiger partial charge in [-0.05, 0) is 12.3 Å². The monoisotopic (exact) mass is 265 g/mol. The number of nitrogens with zero attached hydrogens (tertiary/aromatic N) is 3. The molecule has 0 fully saturated rings. The first-order valence-electron chi connectivity index (χ1n) is 6.20. The molecule has 0 aliphatic heterocycles. The average Bonchev–Trinajstić information content (AvgIpc) is 2.37. The Bertz CT molecular complexity index is 460. The maximum atomic E-state index is 12.2. The molecule has 1 rings (SSSR count). The van der Waals surface area contributed by atoms with Crippen LogP contribution in [0, 0.1) is 0 Å². The van der Waals surface area contributed by atoms with Gasteiger partial charge >= 0.3 is 5.97 Å². The van der Waals surface area contributed by atoms with Crippen LogP contribution in [0.25, 0.3) is 0 Å². The largest absolute Gasteiger partial charge is 0.481 e. The molecule has 1 heterocycles. The van der Waals surface area contributed by atoms with Crippen LogP contribution < -0.4 is 0 Å². The van der Waals surface area contributed by atoms with Gasteiger partial charge in [-0.15, -0.1) is 0 Å². The Balaban J connectivity index is 2.74. The maximum absolute atomic E-state index is 12.2. The number of carbonyl (C=O) groups is 2. The second-order valence-corrected chi connectivity index (χ2v) is 4.70.